The van der Waals surface area contributed by atoms with Crippen molar-refractivity contribution >= 4 is 29.9 Å². The van der Waals surface area contributed by atoms with Crippen LogP contribution in [0.15, 0.2) is 52.1 Å². The number of hydrogen-bond acceptors (Lipinski definition) is 4. The van der Waals surface area contributed by atoms with Crippen LogP contribution in [0, 0.1) is 0 Å². The van der Waals surface area contributed by atoms with Gasteiger partial charge in [0.2, 0.25) is 0 Å². The minimum absolute atomic E-state index is 0. The summed E-state index contributed by atoms with van der Waals surface area (Å²) in [5.41, 5.74) is 2.52. The molecular weight excluding hydrogens is 491 g/mol. The Hall–Kier alpha value is -1.58. The number of nitrogens with one attached hydrogen (secondary N) is 2. The minimum atomic E-state index is -0.187. The Labute approximate surface area is 197 Å². The first-order chi connectivity index (χ1) is 14.2. The number of guanidine groups is 1. The normalized spacial score (nSPS) is 17.0. The van der Waals surface area contributed by atoms with E-state index in [0.29, 0.717) is 6.54 Å². The number of aliphatic imine (C=N–C) groups is 1. The second-order valence-electron chi connectivity index (χ2n) is 7.65. The molecule has 0 aliphatic carbocycles. The first-order valence-corrected chi connectivity index (χ1v) is 10.8. The predicted molar refractivity (Wildman–Crippen MR) is 132 cm³/mol. The number of furan rings is 1. The van der Waals surface area contributed by atoms with Crippen LogP contribution in [0.5, 0.6) is 0 Å². The lowest BCUT2D eigenvalue weighted by molar-refractivity contribution is 0.174. The molecule has 0 saturated carbocycles. The number of hydrogen-bond donors (Lipinski definition) is 3. The van der Waals surface area contributed by atoms with Gasteiger partial charge in [0.05, 0.1) is 18.9 Å². The van der Waals surface area contributed by atoms with Crippen LogP contribution < -0.4 is 10.6 Å². The van der Waals surface area contributed by atoms with Crippen LogP contribution >= 0.6 is 24.0 Å². The van der Waals surface area contributed by atoms with Crippen molar-refractivity contribution < 1.29 is 9.52 Å². The number of rotatable bonds is 10. The van der Waals surface area contributed by atoms with E-state index in [1.807, 2.05) is 12.1 Å². The quantitative estimate of drug-likeness (QED) is 0.191. The van der Waals surface area contributed by atoms with Crippen LogP contribution in [0.25, 0.3) is 0 Å². The molecule has 1 aromatic heterocycles. The Kier molecular flexibility index (Phi) is 11.2. The van der Waals surface area contributed by atoms with Crippen LogP contribution in [0.4, 0.5) is 0 Å². The molecule has 6 nitrogen and oxygen atoms in total. The van der Waals surface area contributed by atoms with Gasteiger partial charge in [0.1, 0.15) is 5.76 Å². The van der Waals surface area contributed by atoms with E-state index >= 15 is 0 Å². The van der Waals surface area contributed by atoms with Crippen molar-refractivity contribution in [1.82, 2.24) is 15.5 Å². The summed E-state index contributed by atoms with van der Waals surface area (Å²) < 4.78 is 5.41. The molecule has 2 heterocycles. The van der Waals surface area contributed by atoms with Gasteiger partial charge in [-0.05, 0) is 36.1 Å². The molecule has 1 saturated heterocycles. The van der Waals surface area contributed by atoms with Crippen LogP contribution in [0.2, 0.25) is 0 Å². The Morgan fingerprint density at radius 2 is 1.97 bits per heavy atom. The Morgan fingerprint density at radius 3 is 2.67 bits per heavy atom. The average Bonchev–Trinajstić information content (AvgIpc) is 3.38. The monoisotopic (exact) mass is 526 g/mol. The van der Waals surface area contributed by atoms with Crippen molar-refractivity contribution in [2.24, 2.45) is 4.99 Å². The van der Waals surface area contributed by atoms with Crippen molar-refractivity contribution in [1.29, 1.82) is 0 Å². The summed E-state index contributed by atoms with van der Waals surface area (Å²) in [5.74, 6) is 1.82. The van der Waals surface area contributed by atoms with Crippen molar-refractivity contribution in [2.75, 3.05) is 26.2 Å². The highest BCUT2D eigenvalue weighted by Crippen LogP contribution is 2.17. The maximum Gasteiger partial charge on any atom is 0.191 e. The van der Waals surface area contributed by atoms with Gasteiger partial charge >= 0.3 is 0 Å². The zero-order valence-corrected chi connectivity index (χ0v) is 20.2. The third-order valence-electron chi connectivity index (χ3n) is 5.23. The van der Waals surface area contributed by atoms with Crippen molar-refractivity contribution in [3.63, 3.8) is 0 Å². The molecule has 3 rings (SSSR count). The zero-order chi connectivity index (χ0) is 20.3. The molecule has 1 fully saturated rings. The van der Waals surface area contributed by atoms with E-state index in [1.54, 1.807) is 6.26 Å². The van der Waals surface area contributed by atoms with Gasteiger partial charge in [-0.1, -0.05) is 37.6 Å². The molecule has 1 aliphatic rings. The molecule has 166 valence electrons. The number of likely N-dealkylation sites (tertiary alicyclic amines) is 1. The standard InChI is InChI=1S/C23H34N4O2.HI/c1-2-3-12-24-23(25-13-10-22-9-6-15-29-22)26-16-19-7-4-5-8-20(19)17-27-14-11-21(28)18-27;/h4-9,15,21,28H,2-3,10-14,16-18H2,1H3,(H2,24,25,26);1H. The van der Waals surface area contributed by atoms with E-state index in [1.165, 1.54) is 11.1 Å². The summed E-state index contributed by atoms with van der Waals surface area (Å²) in [6.07, 6.45) is 5.48. The third-order valence-corrected chi connectivity index (χ3v) is 5.23. The topological polar surface area (TPSA) is 73.0 Å². The molecule has 1 aromatic carbocycles. The molecule has 0 amide bonds. The molecule has 1 unspecified atom stereocenters. The molecule has 2 aromatic rings. The van der Waals surface area contributed by atoms with E-state index < -0.39 is 0 Å². The number of nitrogens with zero attached hydrogens (tertiary/aromatic N) is 2. The van der Waals surface area contributed by atoms with Crippen LogP contribution in [-0.4, -0.2) is 48.2 Å². The lowest BCUT2D eigenvalue weighted by Crippen LogP contribution is -2.39. The summed E-state index contributed by atoms with van der Waals surface area (Å²) in [5, 5.41) is 16.6. The number of benzene rings is 1. The largest absolute Gasteiger partial charge is 0.469 e. The van der Waals surface area contributed by atoms with Gasteiger partial charge in [-0.2, -0.15) is 0 Å². The average molecular weight is 526 g/mol. The SMILES string of the molecule is CCCCNC(=NCc1ccccc1CN1CCC(O)C1)NCCc1ccco1.I. The summed E-state index contributed by atoms with van der Waals surface area (Å²) in [6.45, 7) is 7.10. The zero-order valence-electron chi connectivity index (χ0n) is 17.8. The van der Waals surface area contributed by atoms with Gasteiger partial charge in [0, 0.05) is 39.1 Å². The van der Waals surface area contributed by atoms with E-state index in [-0.39, 0.29) is 30.1 Å². The minimum Gasteiger partial charge on any atom is -0.469 e. The number of halogens is 1. The first-order valence-electron chi connectivity index (χ1n) is 10.8. The lowest BCUT2D eigenvalue weighted by Gasteiger charge is -2.17. The number of aliphatic hydroxyl groups excluding tert-OH is 1. The summed E-state index contributed by atoms with van der Waals surface area (Å²) in [4.78, 5) is 7.15. The maximum atomic E-state index is 9.79. The second kappa shape index (κ2) is 13.7. The highest BCUT2D eigenvalue weighted by atomic mass is 127. The molecule has 0 bridgehead atoms. The van der Waals surface area contributed by atoms with Crippen molar-refractivity contribution in [3.8, 4) is 0 Å². The summed E-state index contributed by atoms with van der Waals surface area (Å²) in [6, 6.07) is 12.4. The molecule has 1 atom stereocenters. The smallest absolute Gasteiger partial charge is 0.191 e. The molecule has 1 aliphatic heterocycles. The van der Waals surface area contributed by atoms with Crippen LogP contribution in [0.3, 0.4) is 0 Å². The van der Waals surface area contributed by atoms with Crippen LogP contribution in [0.1, 0.15) is 43.1 Å². The molecule has 0 spiro atoms. The molecule has 7 heteroatoms. The van der Waals surface area contributed by atoms with E-state index in [2.05, 4.69) is 46.7 Å². The molecular formula is C23H35IN4O2. The van der Waals surface area contributed by atoms with E-state index in [4.69, 9.17) is 9.41 Å². The highest BCUT2D eigenvalue weighted by molar-refractivity contribution is 14.0. The van der Waals surface area contributed by atoms with E-state index in [9.17, 15) is 5.11 Å². The summed E-state index contributed by atoms with van der Waals surface area (Å²) in [7, 11) is 0. The van der Waals surface area contributed by atoms with E-state index in [0.717, 1.165) is 70.1 Å². The van der Waals surface area contributed by atoms with Gasteiger partial charge in [0.25, 0.3) is 0 Å². The molecule has 3 N–H and O–H groups in total. The second-order valence-corrected chi connectivity index (χ2v) is 7.65. The van der Waals surface area contributed by atoms with Gasteiger partial charge in [-0.3, -0.25) is 4.90 Å². The Morgan fingerprint density at radius 1 is 1.17 bits per heavy atom. The number of β-amino-alcohol motifs (C(OH)–C–C–N with tert-alkyl or cyclic N) is 1. The molecule has 0 radical (unpaired) electrons. The fourth-order valence-electron chi connectivity index (χ4n) is 3.54. The van der Waals surface area contributed by atoms with Gasteiger partial charge < -0.3 is 20.2 Å². The van der Waals surface area contributed by atoms with Crippen molar-refractivity contribution in [2.45, 2.75) is 51.8 Å². The number of aliphatic hydroxyl groups is 1. The lowest BCUT2D eigenvalue weighted by atomic mass is 10.1. The highest BCUT2D eigenvalue weighted by Gasteiger charge is 2.20. The van der Waals surface area contributed by atoms with Gasteiger partial charge in [-0.25, -0.2) is 4.99 Å². The van der Waals surface area contributed by atoms with Crippen molar-refractivity contribution in [3.05, 3.63) is 59.5 Å². The fourth-order valence-corrected chi connectivity index (χ4v) is 3.54. The Balaban J connectivity index is 0.00000320. The summed E-state index contributed by atoms with van der Waals surface area (Å²) >= 11 is 0. The number of unbranched alkanes of at least 4 members (excludes halogenated alkanes) is 1. The Bertz CT molecular complexity index is 751. The van der Waals surface area contributed by atoms with Gasteiger partial charge in [-0.15, -0.1) is 24.0 Å². The van der Waals surface area contributed by atoms with Crippen LogP contribution in [-0.2, 0) is 19.5 Å². The maximum absolute atomic E-state index is 9.79. The molecule has 30 heavy (non-hydrogen) atoms. The fraction of sp³-hybridized carbons (Fsp3) is 0.522. The van der Waals surface area contributed by atoms with Gasteiger partial charge in [0.15, 0.2) is 5.96 Å². The first kappa shape index (κ1) is 24.7. The predicted octanol–water partition coefficient (Wildman–Crippen LogP) is 3.54. The third kappa shape index (κ3) is 8.28.